The topological polar surface area (TPSA) is 0 Å². The van der Waals surface area contributed by atoms with E-state index < -0.39 is 11.6 Å². The van der Waals surface area contributed by atoms with Crippen molar-refractivity contribution in [2.24, 2.45) is 0 Å². The van der Waals surface area contributed by atoms with Crippen molar-refractivity contribution < 1.29 is 8.78 Å². The molecule has 0 N–H and O–H groups in total. The van der Waals surface area contributed by atoms with E-state index in [0.717, 1.165) is 11.6 Å². The zero-order chi connectivity index (χ0) is 13.8. The monoisotopic (exact) mass is 344 g/mol. The second-order valence-corrected chi connectivity index (χ2v) is 5.47. The van der Waals surface area contributed by atoms with Gasteiger partial charge >= 0.3 is 0 Å². The highest BCUT2D eigenvalue weighted by molar-refractivity contribution is 9.09. The lowest BCUT2D eigenvalue weighted by atomic mass is 9.94. The summed E-state index contributed by atoms with van der Waals surface area (Å²) in [7, 11) is 0. The molecule has 1 atom stereocenters. The Morgan fingerprint density at radius 3 is 2.11 bits per heavy atom. The lowest BCUT2D eigenvalue weighted by molar-refractivity contribution is 0.577. The van der Waals surface area contributed by atoms with Crippen LogP contribution in [0.2, 0.25) is 5.02 Å². The largest absolute Gasteiger partial charge is 0.207 e. The molecule has 0 aliphatic heterocycles. The maximum Gasteiger partial charge on any atom is 0.126 e. The zero-order valence-corrected chi connectivity index (χ0v) is 12.4. The molecular weight excluding hydrogens is 334 g/mol. The molecule has 4 heteroatoms. The molecule has 0 radical (unpaired) electrons. The Hall–Kier alpha value is -0.930. The summed E-state index contributed by atoms with van der Waals surface area (Å²) < 4.78 is 26.3. The van der Waals surface area contributed by atoms with Gasteiger partial charge in [-0.05, 0) is 47.7 Å². The van der Waals surface area contributed by atoms with E-state index in [2.05, 4.69) is 15.9 Å². The first-order valence-corrected chi connectivity index (χ1v) is 7.35. The normalized spacial score (nSPS) is 12.4. The van der Waals surface area contributed by atoms with Gasteiger partial charge in [-0.25, -0.2) is 8.78 Å². The number of hydrogen-bond donors (Lipinski definition) is 0. The molecule has 0 amide bonds. The van der Waals surface area contributed by atoms with Crippen LogP contribution < -0.4 is 0 Å². The Kier molecular flexibility index (Phi) is 4.94. The zero-order valence-electron chi connectivity index (χ0n) is 10.0. The molecule has 0 heterocycles. The van der Waals surface area contributed by atoms with Gasteiger partial charge in [0.15, 0.2) is 0 Å². The minimum Gasteiger partial charge on any atom is -0.207 e. The van der Waals surface area contributed by atoms with Crippen LogP contribution in [0.1, 0.15) is 17.0 Å². The molecule has 0 spiro atoms. The van der Waals surface area contributed by atoms with Gasteiger partial charge in [-0.15, -0.1) is 0 Å². The van der Waals surface area contributed by atoms with Crippen LogP contribution in [0.15, 0.2) is 42.5 Å². The van der Waals surface area contributed by atoms with E-state index in [4.69, 9.17) is 11.6 Å². The number of halogens is 4. The van der Waals surface area contributed by atoms with E-state index in [0.29, 0.717) is 22.3 Å². The SMILES string of the molecule is Fc1cc(F)cc(CC(CBr)c2ccc(Cl)cc2)c1. The fourth-order valence-electron chi connectivity index (χ4n) is 2.01. The van der Waals surface area contributed by atoms with Crippen LogP contribution in [-0.4, -0.2) is 5.33 Å². The first-order chi connectivity index (χ1) is 9.08. The summed E-state index contributed by atoms with van der Waals surface area (Å²) in [5, 5.41) is 1.39. The third-order valence-corrected chi connectivity index (χ3v) is 3.97. The van der Waals surface area contributed by atoms with E-state index in [9.17, 15) is 8.78 Å². The Morgan fingerprint density at radius 1 is 1.00 bits per heavy atom. The fourth-order valence-corrected chi connectivity index (χ4v) is 2.74. The molecule has 0 aromatic heterocycles. The summed E-state index contributed by atoms with van der Waals surface area (Å²) in [6.07, 6.45) is 0.571. The molecule has 1 unspecified atom stereocenters. The summed E-state index contributed by atoms with van der Waals surface area (Å²) in [6, 6.07) is 11.1. The minimum absolute atomic E-state index is 0.151. The summed E-state index contributed by atoms with van der Waals surface area (Å²) >= 11 is 9.30. The van der Waals surface area contributed by atoms with Gasteiger partial charge in [0, 0.05) is 16.4 Å². The van der Waals surface area contributed by atoms with E-state index in [1.165, 1.54) is 12.1 Å². The number of alkyl halides is 1. The van der Waals surface area contributed by atoms with E-state index in [1.54, 1.807) is 0 Å². The average Bonchev–Trinajstić information content (AvgIpc) is 2.36. The van der Waals surface area contributed by atoms with E-state index >= 15 is 0 Å². The third kappa shape index (κ3) is 4.02. The molecule has 2 rings (SSSR count). The summed E-state index contributed by atoms with van der Waals surface area (Å²) in [5.74, 6) is -0.933. The first-order valence-electron chi connectivity index (χ1n) is 5.85. The van der Waals surface area contributed by atoms with Crippen molar-refractivity contribution in [2.45, 2.75) is 12.3 Å². The second kappa shape index (κ2) is 6.49. The van der Waals surface area contributed by atoms with Gasteiger partial charge in [0.1, 0.15) is 11.6 Å². The van der Waals surface area contributed by atoms with Gasteiger partial charge in [-0.3, -0.25) is 0 Å². The maximum absolute atomic E-state index is 13.2. The van der Waals surface area contributed by atoms with Crippen LogP contribution in [-0.2, 0) is 6.42 Å². The van der Waals surface area contributed by atoms with Crippen LogP contribution in [0.4, 0.5) is 8.78 Å². The predicted octanol–water partition coefficient (Wildman–Crippen LogP) is 5.34. The molecule has 0 saturated heterocycles. The molecule has 0 aliphatic carbocycles. The fraction of sp³-hybridized carbons (Fsp3) is 0.200. The summed E-state index contributed by atoms with van der Waals surface area (Å²) in [4.78, 5) is 0. The van der Waals surface area contributed by atoms with Gasteiger partial charge in [0.05, 0.1) is 0 Å². The summed E-state index contributed by atoms with van der Waals surface area (Å²) in [5.41, 5.74) is 1.74. The van der Waals surface area contributed by atoms with Crippen molar-refractivity contribution in [1.29, 1.82) is 0 Å². The van der Waals surface area contributed by atoms with Gasteiger partial charge in [-0.2, -0.15) is 0 Å². The molecular formula is C15H12BrClF2. The van der Waals surface area contributed by atoms with E-state index in [-0.39, 0.29) is 5.92 Å². The third-order valence-electron chi connectivity index (χ3n) is 2.93. The lowest BCUT2D eigenvalue weighted by Gasteiger charge is -2.15. The van der Waals surface area contributed by atoms with Gasteiger partial charge in [-0.1, -0.05) is 39.7 Å². The number of hydrogen-bond acceptors (Lipinski definition) is 0. The smallest absolute Gasteiger partial charge is 0.126 e. The molecule has 0 fully saturated rings. The van der Waals surface area contributed by atoms with Gasteiger partial charge in [0.25, 0.3) is 0 Å². The van der Waals surface area contributed by atoms with Crippen molar-refractivity contribution in [2.75, 3.05) is 5.33 Å². The molecule has 0 saturated carbocycles. The maximum atomic E-state index is 13.2. The van der Waals surface area contributed by atoms with Crippen LogP contribution in [0.25, 0.3) is 0 Å². The highest BCUT2D eigenvalue weighted by atomic mass is 79.9. The predicted molar refractivity (Wildman–Crippen MR) is 78.0 cm³/mol. The Bertz CT molecular complexity index is 534. The molecule has 2 aromatic carbocycles. The Morgan fingerprint density at radius 2 is 1.58 bits per heavy atom. The highest BCUT2D eigenvalue weighted by Gasteiger charge is 2.12. The van der Waals surface area contributed by atoms with Crippen molar-refractivity contribution in [3.05, 3.63) is 70.2 Å². The molecule has 0 nitrogen and oxygen atoms in total. The number of rotatable bonds is 4. The average molecular weight is 346 g/mol. The summed E-state index contributed by atoms with van der Waals surface area (Å²) in [6.45, 7) is 0. The van der Waals surface area contributed by atoms with E-state index in [1.807, 2.05) is 24.3 Å². The first kappa shape index (κ1) is 14.5. The van der Waals surface area contributed by atoms with Crippen molar-refractivity contribution >= 4 is 27.5 Å². The molecule has 0 bridgehead atoms. The number of benzene rings is 2. The van der Waals surface area contributed by atoms with Crippen molar-refractivity contribution in [1.82, 2.24) is 0 Å². The Labute approximate surface area is 124 Å². The van der Waals surface area contributed by atoms with Crippen LogP contribution in [0, 0.1) is 11.6 Å². The molecule has 19 heavy (non-hydrogen) atoms. The quantitative estimate of drug-likeness (QED) is 0.656. The van der Waals surface area contributed by atoms with Crippen LogP contribution in [0.3, 0.4) is 0 Å². The molecule has 100 valence electrons. The Balaban J connectivity index is 2.21. The second-order valence-electron chi connectivity index (χ2n) is 4.38. The molecule has 2 aromatic rings. The lowest BCUT2D eigenvalue weighted by Crippen LogP contribution is -2.05. The molecule has 0 aliphatic rings. The highest BCUT2D eigenvalue weighted by Crippen LogP contribution is 2.25. The van der Waals surface area contributed by atoms with Crippen molar-refractivity contribution in [3.63, 3.8) is 0 Å². The van der Waals surface area contributed by atoms with Gasteiger partial charge < -0.3 is 0 Å². The standard InChI is InChI=1S/C15H12BrClF2/c16-9-12(11-1-3-13(17)4-2-11)5-10-6-14(18)8-15(19)7-10/h1-4,6-8,12H,5,9H2. The van der Waals surface area contributed by atoms with Gasteiger partial charge in [0.2, 0.25) is 0 Å². The van der Waals surface area contributed by atoms with Crippen LogP contribution in [0.5, 0.6) is 0 Å². The van der Waals surface area contributed by atoms with Crippen molar-refractivity contribution in [3.8, 4) is 0 Å². The minimum atomic E-state index is -0.542. The van der Waals surface area contributed by atoms with Crippen LogP contribution >= 0.6 is 27.5 Å².